The minimum Gasteiger partial charge on any atom is -0.390 e. The van der Waals surface area contributed by atoms with Crippen LogP contribution in [0, 0.1) is 0 Å². The van der Waals surface area contributed by atoms with Gasteiger partial charge >= 0.3 is 0 Å². The third-order valence-corrected chi connectivity index (χ3v) is 1.54. The molecule has 0 spiro atoms. The maximum absolute atomic E-state index is 11.4. The Morgan fingerprint density at radius 2 is 2.23 bits per heavy atom. The molecule has 3 heteroatoms. The SMILES string of the molecule is CC(C)(O)CC(=O)c1ccccn1. The van der Waals surface area contributed by atoms with E-state index < -0.39 is 5.60 Å². The molecule has 0 aromatic carbocycles. The van der Waals surface area contributed by atoms with Crippen molar-refractivity contribution in [2.75, 3.05) is 0 Å². The summed E-state index contributed by atoms with van der Waals surface area (Å²) in [6.45, 7) is 3.21. The largest absolute Gasteiger partial charge is 0.390 e. The van der Waals surface area contributed by atoms with Crippen LogP contribution >= 0.6 is 0 Å². The zero-order valence-corrected chi connectivity index (χ0v) is 7.82. The van der Waals surface area contributed by atoms with Gasteiger partial charge in [0, 0.05) is 12.6 Å². The molecule has 3 nitrogen and oxygen atoms in total. The van der Waals surface area contributed by atoms with Gasteiger partial charge in [-0.15, -0.1) is 0 Å². The molecule has 0 amide bonds. The quantitative estimate of drug-likeness (QED) is 0.714. The molecular weight excluding hydrogens is 166 g/mol. The lowest BCUT2D eigenvalue weighted by atomic mass is 10.0. The monoisotopic (exact) mass is 179 g/mol. The van der Waals surface area contributed by atoms with Crippen LogP contribution in [-0.2, 0) is 0 Å². The number of nitrogens with zero attached hydrogens (tertiary/aromatic N) is 1. The number of carbonyl (C=O) groups is 1. The van der Waals surface area contributed by atoms with Crippen LogP contribution in [0.15, 0.2) is 24.4 Å². The molecule has 0 aliphatic rings. The van der Waals surface area contributed by atoms with Crippen molar-refractivity contribution >= 4 is 5.78 Å². The van der Waals surface area contributed by atoms with E-state index in [4.69, 9.17) is 0 Å². The van der Waals surface area contributed by atoms with Crippen molar-refractivity contribution in [1.29, 1.82) is 0 Å². The molecular formula is C10H13NO2. The first kappa shape index (κ1) is 9.86. The number of Topliss-reactive ketones (excluding diaryl/α,β-unsaturated/α-hetero) is 1. The van der Waals surface area contributed by atoms with Gasteiger partial charge in [0.1, 0.15) is 5.69 Å². The summed E-state index contributed by atoms with van der Waals surface area (Å²) >= 11 is 0. The molecule has 1 rings (SSSR count). The van der Waals surface area contributed by atoms with E-state index in [9.17, 15) is 9.90 Å². The van der Waals surface area contributed by atoms with Crippen LogP contribution < -0.4 is 0 Å². The number of aromatic nitrogens is 1. The van der Waals surface area contributed by atoms with Crippen molar-refractivity contribution in [3.05, 3.63) is 30.1 Å². The highest BCUT2D eigenvalue weighted by atomic mass is 16.3. The number of rotatable bonds is 3. The van der Waals surface area contributed by atoms with Gasteiger partial charge in [-0.1, -0.05) is 6.07 Å². The fraction of sp³-hybridized carbons (Fsp3) is 0.400. The second-order valence-electron chi connectivity index (χ2n) is 3.63. The Morgan fingerprint density at radius 1 is 1.54 bits per heavy atom. The Morgan fingerprint density at radius 3 is 2.69 bits per heavy atom. The number of hydrogen-bond donors (Lipinski definition) is 1. The van der Waals surface area contributed by atoms with Gasteiger partial charge in [0.25, 0.3) is 0 Å². The molecule has 0 aliphatic heterocycles. The van der Waals surface area contributed by atoms with E-state index in [2.05, 4.69) is 4.98 Å². The summed E-state index contributed by atoms with van der Waals surface area (Å²) in [7, 11) is 0. The highest BCUT2D eigenvalue weighted by Crippen LogP contribution is 2.11. The van der Waals surface area contributed by atoms with Gasteiger partial charge in [0.15, 0.2) is 5.78 Å². The Kier molecular flexibility index (Phi) is 2.78. The molecule has 0 aliphatic carbocycles. The predicted octanol–water partition coefficient (Wildman–Crippen LogP) is 1.43. The number of aliphatic hydroxyl groups is 1. The summed E-state index contributed by atoms with van der Waals surface area (Å²) in [4.78, 5) is 15.3. The van der Waals surface area contributed by atoms with Gasteiger partial charge in [-0.2, -0.15) is 0 Å². The molecule has 70 valence electrons. The van der Waals surface area contributed by atoms with Gasteiger partial charge in [-0.3, -0.25) is 9.78 Å². The molecule has 0 fully saturated rings. The van der Waals surface area contributed by atoms with Gasteiger partial charge in [0.2, 0.25) is 0 Å². The molecule has 0 radical (unpaired) electrons. The normalized spacial score (nSPS) is 11.3. The number of hydrogen-bond acceptors (Lipinski definition) is 3. The van der Waals surface area contributed by atoms with Crippen LogP contribution in [0.3, 0.4) is 0 Å². The second-order valence-corrected chi connectivity index (χ2v) is 3.63. The summed E-state index contributed by atoms with van der Waals surface area (Å²) in [5.74, 6) is -0.131. The topological polar surface area (TPSA) is 50.2 Å². The van der Waals surface area contributed by atoms with Crippen molar-refractivity contribution < 1.29 is 9.90 Å². The first-order valence-corrected chi connectivity index (χ1v) is 4.16. The van der Waals surface area contributed by atoms with Crippen LogP contribution in [0.1, 0.15) is 30.8 Å². The predicted molar refractivity (Wildman–Crippen MR) is 49.5 cm³/mol. The van der Waals surface area contributed by atoms with Gasteiger partial charge in [-0.05, 0) is 26.0 Å². The molecule has 0 unspecified atom stereocenters. The third-order valence-electron chi connectivity index (χ3n) is 1.54. The minimum atomic E-state index is -0.964. The number of pyridine rings is 1. The third kappa shape index (κ3) is 3.34. The van der Waals surface area contributed by atoms with Crippen LogP contribution in [0.2, 0.25) is 0 Å². The van der Waals surface area contributed by atoms with Gasteiger partial charge in [-0.25, -0.2) is 0 Å². The summed E-state index contributed by atoms with van der Waals surface area (Å²) < 4.78 is 0. The molecule has 1 aromatic rings. The van der Waals surface area contributed by atoms with E-state index in [1.807, 2.05) is 0 Å². The lowest BCUT2D eigenvalue weighted by Gasteiger charge is -2.14. The van der Waals surface area contributed by atoms with Crippen LogP contribution in [0.4, 0.5) is 0 Å². The minimum absolute atomic E-state index is 0.101. The van der Waals surface area contributed by atoms with E-state index in [0.29, 0.717) is 5.69 Å². The van der Waals surface area contributed by atoms with E-state index >= 15 is 0 Å². The Balaban J connectivity index is 2.71. The zero-order chi connectivity index (χ0) is 9.90. The van der Waals surface area contributed by atoms with E-state index in [1.54, 1.807) is 38.2 Å². The van der Waals surface area contributed by atoms with Crippen LogP contribution in [0.25, 0.3) is 0 Å². The summed E-state index contributed by atoms with van der Waals surface area (Å²) in [5.41, 5.74) is -0.557. The number of ketones is 1. The summed E-state index contributed by atoms with van der Waals surface area (Å²) in [6, 6.07) is 5.15. The summed E-state index contributed by atoms with van der Waals surface area (Å²) in [6.07, 6.45) is 1.67. The van der Waals surface area contributed by atoms with Gasteiger partial charge in [0.05, 0.1) is 5.60 Å². The Hall–Kier alpha value is -1.22. The Bertz CT molecular complexity index is 288. The summed E-state index contributed by atoms with van der Waals surface area (Å²) in [5, 5.41) is 9.40. The molecule has 0 bridgehead atoms. The first-order valence-electron chi connectivity index (χ1n) is 4.16. The van der Waals surface area contributed by atoms with Crippen molar-refractivity contribution in [1.82, 2.24) is 4.98 Å². The highest BCUT2D eigenvalue weighted by molar-refractivity contribution is 5.94. The fourth-order valence-electron chi connectivity index (χ4n) is 1.01. The van der Waals surface area contributed by atoms with Gasteiger partial charge < -0.3 is 5.11 Å². The van der Waals surface area contributed by atoms with Crippen LogP contribution in [-0.4, -0.2) is 21.5 Å². The molecule has 0 saturated heterocycles. The molecule has 0 saturated carbocycles. The second kappa shape index (κ2) is 3.66. The average Bonchev–Trinajstić information content (AvgIpc) is 2.03. The van der Waals surface area contributed by atoms with Crippen molar-refractivity contribution in [2.24, 2.45) is 0 Å². The molecule has 1 aromatic heterocycles. The molecule has 0 atom stereocenters. The zero-order valence-electron chi connectivity index (χ0n) is 7.82. The molecule has 1 heterocycles. The number of carbonyl (C=O) groups excluding carboxylic acids is 1. The van der Waals surface area contributed by atoms with Crippen LogP contribution in [0.5, 0.6) is 0 Å². The maximum Gasteiger partial charge on any atom is 0.184 e. The average molecular weight is 179 g/mol. The van der Waals surface area contributed by atoms with Crippen molar-refractivity contribution in [3.8, 4) is 0 Å². The lowest BCUT2D eigenvalue weighted by Crippen LogP contribution is -2.23. The van der Waals surface area contributed by atoms with E-state index in [-0.39, 0.29) is 12.2 Å². The van der Waals surface area contributed by atoms with E-state index in [1.165, 1.54) is 0 Å². The maximum atomic E-state index is 11.4. The standard InChI is InChI=1S/C10H13NO2/c1-10(2,13)7-9(12)8-5-3-4-6-11-8/h3-6,13H,7H2,1-2H3. The lowest BCUT2D eigenvalue weighted by molar-refractivity contribution is 0.0584. The fourth-order valence-corrected chi connectivity index (χ4v) is 1.01. The highest BCUT2D eigenvalue weighted by Gasteiger charge is 2.19. The smallest absolute Gasteiger partial charge is 0.184 e. The molecule has 1 N–H and O–H groups in total. The van der Waals surface area contributed by atoms with Crippen molar-refractivity contribution in [3.63, 3.8) is 0 Å². The first-order chi connectivity index (χ1) is 5.99. The Labute approximate surface area is 77.4 Å². The molecule has 13 heavy (non-hydrogen) atoms. The van der Waals surface area contributed by atoms with E-state index in [0.717, 1.165) is 0 Å². The van der Waals surface area contributed by atoms with Crippen molar-refractivity contribution in [2.45, 2.75) is 25.9 Å².